The number of hydrogen-bond donors (Lipinski definition) is 2. The summed E-state index contributed by atoms with van der Waals surface area (Å²) in [7, 11) is 1.20. The normalized spacial score (nSPS) is 27.0. The highest BCUT2D eigenvalue weighted by atomic mass is 19.1. The fourth-order valence-electron chi connectivity index (χ4n) is 5.72. The van der Waals surface area contributed by atoms with Gasteiger partial charge in [0, 0.05) is 50.5 Å². The fourth-order valence-corrected chi connectivity index (χ4v) is 5.72. The summed E-state index contributed by atoms with van der Waals surface area (Å²) in [5.41, 5.74) is -0.543. The van der Waals surface area contributed by atoms with Gasteiger partial charge in [-0.3, -0.25) is 19.2 Å². The average Bonchev–Trinajstić information content (AvgIpc) is 3.08. The first kappa shape index (κ1) is 26.1. The summed E-state index contributed by atoms with van der Waals surface area (Å²) in [6.45, 7) is -1.62. The lowest BCUT2D eigenvalue weighted by molar-refractivity contribution is -0.290. The third-order valence-electron chi connectivity index (χ3n) is 7.65. The Kier molecular flexibility index (Phi) is 6.23. The predicted octanol–water partition coefficient (Wildman–Crippen LogP) is 1.75. The van der Waals surface area contributed by atoms with E-state index in [-0.39, 0.29) is 25.9 Å². The number of carbonyl (C=O) groups is 2. The molecule has 4 heterocycles. The topological polar surface area (TPSA) is 127 Å². The number of aromatic hydroxyl groups is 1. The molecule has 204 valence electrons. The first-order chi connectivity index (χ1) is 18.0. The van der Waals surface area contributed by atoms with Gasteiger partial charge in [-0.15, -0.1) is 5.06 Å². The SMILES string of the molecule is COC1(CF)CC2(CCCN3CC2n2cc(C(N)=O)c(=O)c(O)c2C3=O)ON1Cc1c(F)cc(F)cc1F. The van der Waals surface area contributed by atoms with E-state index in [2.05, 4.69) is 0 Å². The molecule has 38 heavy (non-hydrogen) atoms. The summed E-state index contributed by atoms with van der Waals surface area (Å²) in [4.78, 5) is 45.3. The summed E-state index contributed by atoms with van der Waals surface area (Å²) in [6, 6.07) is 0.0902. The van der Waals surface area contributed by atoms with Gasteiger partial charge >= 0.3 is 0 Å². The number of nitrogens with two attached hydrogens (primary N) is 1. The zero-order chi connectivity index (χ0) is 27.6. The van der Waals surface area contributed by atoms with Crippen molar-refractivity contribution in [2.75, 3.05) is 26.9 Å². The van der Waals surface area contributed by atoms with Crippen molar-refractivity contribution in [2.45, 2.75) is 43.2 Å². The molecule has 0 saturated carbocycles. The number of rotatable bonds is 5. The van der Waals surface area contributed by atoms with Crippen LogP contribution in [0.25, 0.3) is 0 Å². The molecule has 2 amide bonds. The standard InChI is InChI=1S/C24H24F4N4O6/c1-37-24(11-25)10-23(38-32(24)8-13-15(27)5-12(26)6-16(13)28)3-2-4-30-9-17(23)31-7-14(21(29)35)19(33)20(34)18(31)22(30)36/h5-7,17,34H,2-4,8-11H2,1H3,(H2,29,35). The molecule has 5 rings (SSSR count). The Bertz CT molecular complexity index is 1370. The first-order valence-electron chi connectivity index (χ1n) is 11.8. The maximum absolute atomic E-state index is 14.7. The number of hydrogen-bond acceptors (Lipinski definition) is 7. The molecule has 2 saturated heterocycles. The van der Waals surface area contributed by atoms with Crippen molar-refractivity contribution in [3.63, 3.8) is 0 Å². The zero-order valence-electron chi connectivity index (χ0n) is 20.2. The Labute approximate surface area is 213 Å². The fraction of sp³-hybridized carbons (Fsp3) is 0.458. The molecule has 0 aliphatic carbocycles. The van der Waals surface area contributed by atoms with Gasteiger partial charge in [-0.2, -0.15) is 0 Å². The van der Waals surface area contributed by atoms with Gasteiger partial charge in [-0.1, -0.05) is 0 Å². The van der Waals surface area contributed by atoms with E-state index in [4.69, 9.17) is 15.3 Å². The minimum absolute atomic E-state index is 0.00840. The second-order valence-electron chi connectivity index (χ2n) is 9.71. The van der Waals surface area contributed by atoms with Gasteiger partial charge in [0.1, 0.15) is 35.3 Å². The molecule has 3 aliphatic rings. The number of halogens is 4. The maximum atomic E-state index is 14.7. The molecule has 1 aromatic heterocycles. The molecular weight excluding hydrogens is 516 g/mol. The highest BCUT2D eigenvalue weighted by molar-refractivity contribution is 5.98. The molecule has 2 aromatic rings. The van der Waals surface area contributed by atoms with Crippen LogP contribution in [0.4, 0.5) is 17.6 Å². The van der Waals surface area contributed by atoms with Gasteiger partial charge in [0.15, 0.2) is 17.2 Å². The van der Waals surface area contributed by atoms with Crippen molar-refractivity contribution in [1.82, 2.24) is 14.5 Å². The number of carbonyl (C=O) groups excluding carboxylic acids is 2. The number of amides is 2. The largest absolute Gasteiger partial charge is 0.503 e. The number of ether oxygens (including phenoxy) is 1. The lowest BCUT2D eigenvalue weighted by atomic mass is 9.82. The van der Waals surface area contributed by atoms with Gasteiger partial charge in [0.2, 0.25) is 5.43 Å². The van der Waals surface area contributed by atoms with Crippen LogP contribution in [0.1, 0.15) is 51.7 Å². The third kappa shape index (κ3) is 3.77. The summed E-state index contributed by atoms with van der Waals surface area (Å²) in [5, 5.41) is 11.6. The first-order valence-corrected chi connectivity index (χ1v) is 11.8. The number of fused-ring (bicyclic) bond motifs is 5. The van der Waals surface area contributed by atoms with Crippen molar-refractivity contribution in [2.24, 2.45) is 5.73 Å². The second-order valence-corrected chi connectivity index (χ2v) is 9.71. The average molecular weight is 540 g/mol. The van der Waals surface area contributed by atoms with E-state index in [0.29, 0.717) is 18.6 Å². The molecule has 14 heteroatoms. The van der Waals surface area contributed by atoms with Crippen molar-refractivity contribution in [3.8, 4) is 5.75 Å². The lowest BCUT2D eigenvalue weighted by Crippen LogP contribution is -2.51. The summed E-state index contributed by atoms with van der Waals surface area (Å²) in [5.74, 6) is -6.29. The van der Waals surface area contributed by atoms with Crippen LogP contribution < -0.4 is 11.2 Å². The Morgan fingerprint density at radius 1 is 1.26 bits per heavy atom. The number of alkyl halides is 1. The predicted molar refractivity (Wildman–Crippen MR) is 121 cm³/mol. The van der Waals surface area contributed by atoms with E-state index >= 15 is 0 Å². The minimum atomic E-state index is -1.84. The van der Waals surface area contributed by atoms with E-state index in [9.17, 15) is 37.1 Å². The van der Waals surface area contributed by atoms with E-state index in [1.165, 1.54) is 16.6 Å². The van der Waals surface area contributed by atoms with E-state index in [1.807, 2.05) is 0 Å². The van der Waals surface area contributed by atoms with Gasteiger partial charge in [-0.25, -0.2) is 17.6 Å². The second kappa shape index (κ2) is 9.06. The number of benzene rings is 1. The molecule has 2 bridgehead atoms. The van der Waals surface area contributed by atoms with Gasteiger partial charge < -0.3 is 25.0 Å². The van der Waals surface area contributed by atoms with Crippen molar-refractivity contribution < 1.29 is 41.8 Å². The highest BCUT2D eigenvalue weighted by Crippen LogP contribution is 2.51. The van der Waals surface area contributed by atoms with Crippen molar-refractivity contribution in [3.05, 3.63) is 62.8 Å². The van der Waals surface area contributed by atoms with E-state index in [0.717, 1.165) is 11.3 Å². The number of pyridine rings is 1. The molecule has 3 N–H and O–H groups in total. The Morgan fingerprint density at radius 3 is 2.55 bits per heavy atom. The smallest absolute Gasteiger partial charge is 0.274 e. The van der Waals surface area contributed by atoms with Crippen LogP contribution in [-0.4, -0.2) is 69.7 Å². The molecule has 10 nitrogen and oxygen atoms in total. The summed E-state index contributed by atoms with van der Waals surface area (Å²) >= 11 is 0. The van der Waals surface area contributed by atoms with Crippen molar-refractivity contribution >= 4 is 11.8 Å². The van der Waals surface area contributed by atoms with Crippen LogP contribution in [0.5, 0.6) is 5.75 Å². The van der Waals surface area contributed by atoms with Gasteiger partial charge in [0.25, 0.3) is 11.8 Å². The molecule has 1 aromatic carbocycles. The number of primary amides is 1. The molecular formula is C24H24F4N4O6. The quantitative estimate of drug-likeness (QED) is 0.554. The highest BCUT2D eigenvalue weighted by Gasteiger charge is 2.61. The molecule has 1 spiro atoms. The van der Waals surface area contributed by atoms with Crippen LogP contribution in [0.15, 0.2) is 23.1 Å². The third-order valence-corrected chi connectivity index (χ3v) is 7.65. The zero-order valence-corrected chi connectivity index (χ0v) is 20.2. The number of hydroxylamine groups is 2. The maximum Gasteiger partial charge on any atom is 0.274 e. The number of nitrogens with zero attached hydrogens (tertiary/aromatic N) is 3. The Balaban J connectivity index is 1.65. The van der Waals surface area contributed by atoms with Crippen LogP contribution >= 0.6 is 0 Å². The molecule has 0 radical (unpaired) electrons. The number of aromatic nitrogens is 1. The molecule has 2 fully saturated rings. The van der Waals surface area contributed by atoms with E-state index in [1.54, 1.807) is 0 Å². The van der Waals surface area contributed by atoms with E-state index < -0.39 is 87.9 Å². The molecule has 3 aliphatic heterocycles. The molecule has 3 atom stereocenters. The Hall–Kier alpha value is -3.49. The van der Waals surface area contributed by atoms with Gasteiger partial charge in [0.05, 0.1) is 12.6 Å². The van der Waals surface area contributed by atoms with Gasteiger partial charge in [-0.05, 0) is 12.8 Å². The minimum Gasteiger partial charge on any atom is -0.503 e. The monoisotopic (exact) mass is 540 g/mol. The number of methoxy groups -OCH3 is 1. The van der Waals surface area contributed by atoms with Crippen molar-refractivity contribution in [1.29, 1.82) is 0 Å². The van der Waals surface area contributed by atoms with Crippen LogP contribution in [0.2, 0.25) is 0 Å². The Morgan fingerprint density at radius 2 is 1.95 bits per heavy atom. The molecule has 3 unspecified atom stereocenters. The van der Waals surface area contributed by atoms with Crippen LogP contribution in [0.3, 0.4) is 0 Å². The van der Waals surface area contributed by atoms with Crippen LogP contribution in [-0.2, 0) is 16.1 Å². The van der Waals surface area contributed by atoms with Crippen LogP contribution in [0, 0.1) is 17.5 Å². The lowest BCUT2D eigenvalue weighted by Gasteiger charge is -2.41. The summed E-state index contributed by atoms with van der Waals surface area (Å²) < 4.78 is 63.9. The summed E-state index contributed by atoms with van der Waals surface area (Å²) in [6.07, 6.45) is 1.42.